The van der Waals surface area contributed by atoms with Gasteiger partial charge in [-0.2, -0.15) is 0 Å². The standard InChI is InChI=1S/C15H16BrNS/c1-9-13(10-4-6-11(16)7-5-10)17-14(18-9)12-8-15(12,2)3/h4-7,12H,8H2,1-3H3. The predicted molar refractivity (Wildman–Crippen MR) is 81.1 cm³/mol. The molecule has 1 aromatic carbocycles. The van der Waals surface area contributed by atoms with E-state index in [9.17, 15) is 0 Å². The van der Waals surface area contributed by atoms with E-state index in [1.54, 1.807) is 0 Å². The van der Waals surface area contributed by atoms with Crippen molar-refractivity contribution in [1.82, 2.24) is 4.98 Å². The van der Waals surface area contributed by atoms with E-state index < -0.39 is 0 Å². The molecule has 18 heavy (non-hydrogen) atoms. The molecule has 0 N–H and O–H groups in total. The summed E-state index contributed by atoms with van der Waals surface area (Å²) in [7, 11) is 0. The highest BCUT2D eigenvalue weighted by Crippen LogP contribution is 2.59. The smallest absolute Gasteiger partial charge is 0.0971 e. The van der Waals surface area contributed by atoms with E-state index >= 15 is 0 Å². The maximum atomic E-state index is 4.87. The number of rotatable bonds is 2. The van der Waals surface area contributed by atoms with E-state index in [0.717, 1.165) is 10.2 Å². The lowest BCUT2D eigenvalue weighted by Crippen LogP contribution is -1.89. The van der Waals surface area contributed by atoms with Crippen molar-refractivity contribution in [3.8, 4) is 11.3 Å². The summed E-state index contributed by atoms with van der Waals surface area (Å²) in [6.45, 7) is 6.83. The molecule has 1 fully saturated rings. The molecule has 1 aliphatic rings. The third-order valence-electron chi connectivity index (χ3n) is 3.74. The van der Waals surface area contributed by atoms with Gasteiger partial charge < -0.3 is 0 Å². The molecule has 3 rings (SSSR count). The summed E-state index contributed by atoms with van der Waals surface area (Å²) in [4.78, 5) is 6.20. The highest BCUT2D eigenvalue weighted by Gasteiger charge is 2.48. The van der Waals surface area contributed by atoms with Crippen LogP contribution in [0.1, 0.15) is 36.1 Å². The number of hydrogen-bond acceptors (Lipinski definition) is 2. The molecule has 0 spiro atoms. The molecular weight excluding hydrogens is 306 g/mol. The highest BCUT2D eigenvalue weighted by molar-refractivity contribution is 9.10. The summed E-state index contributed by atoms with van der Waals surface area (Å²) in [6.07, 6.45) is 1.28. The van der Waals surface area contributed by atoms with E-state index in [0.29, 0.717) is 11.3 Å². The SMILES string of the molecule is Cc1sc(C2CC2(C)C)nc1-c1ccc(Br)cc1. The van der Waals surface area contributed by atoms with Crippen LogP contribution in [0.3, 0.4) is 0 Å². The lowest BCUT2D eigenvalue weighted by molar-refractivity contribution is 0.620. The largest absolute Gasteiger partial charge is 0.241 e. The zero-order chi connectivity index (χ0) is 12.9. The van der Waals surface area contributed by atoms with Crippen LogP contribution in [0.5, 0.6) is 0 Å². The van der Waals surface area contributed by atoms with Crippen molar-refractivity contribution < 1.29 is 0 Å². The van der Waals surface area contributed by atoms with E-state index in [-0.39, 0.29) is 0 Å². The monoisotopic (exact) mass is 321 g/mol. The van der Waals surface area contributed by atoms with Crippen LogP contribution in [0.15, 0.2) is 28.7 Å². The Kier molecular flexibility index (Phi) is 2.87. The Morgan fingerprint density at radius 3 is 2.44 bits per heavy atom. The zero-order valence-electron chi connectivity index (χ0n) is 10.8. The fraction of sp³-hybridized carbons (Fsp3) is 0.400. The Hall–Kier alpha value is -0.670. The number of thiazole rings is 1. The fourth-order valence-corrected chi connectivity index (χ4v) is 3.85. The van der Waals surface area contributed by atoms with Gasteiger partial charge in [0.1, 0.15) is 0 Å². The Bertz CT molecular complexity index is 583. The van der Waals surface area contributed by atoms with E-state index in [1.165, 1.54) is 21.9 Å². The van der Waals surface area contributed by atoms with Crippen molar-refractivity contribution in [3.05, 3.63) is 38.6 Å². The summed E-state index contributed by atoms with van der Waals surface area (Å²) in [5, 5.41) is 1.32. The molecule has 1 saturated carbocycles. The second-order valence-corrected chi connectivity index (χ2v) is 7.86. The molecule has 0 amide bonds. The van der Waals surface area contributed by atoms with Gasteiger partial charge in [0.25, 0.3) is 0 Å². The van der Waals surface area contributed by atoms with Gasteiger partial charge in [-0.25, -0.2) is 4.98 Å². The number of aryl methyl sites for hydroxylation is 1. The summed E-state index contributed by atoms with van der Waals surface area (Å²) in [6, 6.07) is 8.42. The van der Waals surface area contributed by atoms with Gasteiger partial charge >= 0.3 is 0 Å². The minimum atomic E-state index is 0.460. The summed E-state index contributed by atoms with van der Waals surface area (Å²) < 4.78 is 1.11. The Morgan fingerprint density at radius 2 is 1.89 bits per heavy atom. The number of hydrogen-bond donors (Lipinski definition) is 0. The minimum Gasteiger partial charge on any atom is -0.241 e. The van der Waals surface area contributed by atoms with Crippen molar-refractivity contribution in [2.75, 3.05) is 0 Å². The van der Waals surface area contributed by atoms with Crippen LogP contribution >= 0.6 is 27.3 Å². The van der Waals surface area contributed by atoms with E-state index in [4.69, 9.17) is 4.98 Å². The fourth-order valence-electron chi connectivity index (χ4n) is 2.33. The quantitative estimate of drug-likeness (QED) is 0.722. The molecule has 0 radical (unpaired) electrons. The topological polar surface area (TPSA) is 12.9 Å². The Balaban J connectivity index is 1.96. The molecule has 1 unspecified atom stereocenters. The van der Waals surface area contributed by atoms with Gasteiger partial charge in [0, 0.05) is 20.8 Å². The summed E-state index contributed by atoms with van der Waals surface area (Å²) >= 11 is 5.34. The number of nitrogens with zero attached hydrogens (tertiary/aromatic N) is 1. The first kappa shape index (κ1) is 12.4. The maximum absolute atomic E-state index is 4.87. The first-order valence-electron chi connectivity index (χ1n) is 6.20. The van der Waals surface area contributed by atoms with Crippen LogP contribution in [-0.4, -0.2) is 4.98 Å². The van der Waals surface area contributed by atoms with Crippen LogP contribution in [0.4, 0.5) is 0 Å². The van der Waals surface area contributed by atoms with Gasteiger partial charge in [0.05, 0.1) is 10.7 Å². The van der Waals surface area contributed by atoms with Gasteiger partial charge in [-0.1, -0.05) is 41.9 Å². The van der Waals surface area contributed by atoms with Crippen LogP contribution in [0, 0.1) is 12.3 Å². The summed E-state index contributed by atoms with van der Waals surface area (Å²) in [5.41, 5.74) is 2.84. The van der Waals surface area contributed by atoms with Crippen molar-refractivity contribution in [2.45, 2.75) is 33.1 Å². The van der Waals surface area contributed by atoms with Gasteiger partial charge in [-0.15, -0.1) is 11.3 Å². The molecule has 94 valence electrons. The predicted octanol–water partition coefficient (Wildman–Crippen LogP) is 5.39. The minimum absolute atomic E-state index is 0.460. The highest BCUT2D eigenvalue weighted by atomic mass is 79.9. The lowest BCUT2D eigenvalue weighted by atomic mass is 10.1. The molecule has 0 aliphatic heterocycles. The molecule has 1 aliphatic carbocycles. The van der Waals surface area contributed by atoms with Gasteiger partial charge in [0.15, 0.2) is 0 Å². The van der Waals surface area contributed by atoms with E-state index in [1.807, 2.05) is 11.3 Å². The Labute approximate surface area is 120 Å². The van der Waals surface area contributed by atoms with Crippen molar-refractivity contribution in [1.29, 1.82) is 0 Å². The molecule has 1 atom stereocenters. The third-order valence-corrected chi connectivity index (χ3v) is 5.36. The molecule has 1 heterocycles. The number of benzene rings is 1. The third kappa shape index (κ3) is 2.14. The first-order chi connectivity index (χ1) is 8.47. The molecule has 1 nitrogen and oxygen atoms in total. The van der Waals surface area contributed by atoms with Crippen molar-refractivity contribution in [3.63, 3.8) is 0 Å². The molecule has 1 aromatic heterocycles. The Morgan fingerprint density at radius 1 is 1.28 bits per heavy atom. The molecule has 2 aromatic rings. The lowest BCUT2D eigenvalue weighted by Gasteiger charge is -1.99. The number of aromatic nitrogens is 1. The van der Waals surface area contributed by atoms with Crippen molar-refractivity contribution >= 4 is 27.3 Å². The zero-order valence-corrected chi connectivity index (χ0v) is 13.2. The molecule has 3 heteroatoms. The average molecular weight is 322 g/mol. The summed E-state index contributed by atoms with van der Waals surface area (Å²) in [5.74, 6) is 0.672. The normalized spacial score (nSPS) is 21.0. The van der Waals surface area contributed by atoms with Crippen LogP contribution in [0.25, 0.3) is 11.3 Å². The van der Waals surface area contributed by atoms with Gasteiger partial charge in [-0.05, 0) is 30.9 Å². The van der Waals surface area contributed by atoms with Gasteiger partial charge in [0.2, 0.25) is 0 Å². The average Bonchev–Trinajstić information content (AvgIpc) is 2.78. The van der Waals surface area contributed by atoms with E-state index in [2.05, 4.69) is 61.0 Å². The maximum Gasteiger partial charge on any atom is 0.0971 e. The second kappa shape index (κ2) is 4.17. The van der Waals surface area contributed by atoms with Gasteiger partial charge in [-0.3, -0.25) is 0 Å². The molecular formula is C15H16BrNS. The van der Waals surface area contributed by atoms with Crippen molar-refractivity contribution in [2.24, 2.45) is 5.41 Å². The van der Waals surface area contributed by atoms with Crippen LogP contribution in [0.2, 0.25) is 0 Å². The second-order valence-electron chi connectivity index (χ2n) is 5.71. The molecule has 0 bridgehead atoms. The number of halogens is 1. The molecule has 0 saturated heterocycles. The van der Waals surface area contributed by atoms with Crippen LogP contribution < -0.4 is 0 Å². The first-order valence-corrected chi connectivity index (χ1v) is 7.81. The van der Waals surface area contributed by atoms with Crippen LogP contribution in [-0.2, 0) is 0 Å².